The number of halogens is 2. The quantitative estimate of drug-likeness (QED) is 0.294. The molecule has 10 heteroatoms. The van der Waals surface area contributed by atoms with Crippen LogP contribution in [-0.2, 0) is 26.2 Å². The standard InChI is InChI=1S/C28H31BrIN3O4S/c1-20(27(35)31-28(2,3)4)32(18-21-9-8-10-22(29)17-21)26(34)19-33(24-15-13-23(30)14-16-24)38(36,37)25-11-6-5-7-12-25/h5-17,20H,18-19H2,1-4H3,(H,31,35). The molecule has 0 aliphatic carbocycles. The van der Waals surface area contributed by atoms with Crippen molar-refractivity contribution >= 4 is 66.0 Å². The van der Waals surface area contributed by atoms with E-state index in [0.717, 1.165) is 17.9 Å². The number of sulfonamides is 1. The lowest BCUT2D eigenvalue weighted by Crippen LogP contribution is -2.54. The van der Waals surface area contributed by atoms with E-state index in [-0.39, 0.29) is 17.3 Å². The van der Waals surface area contributed by atoms with Crippen LogP contribution in [0.15, 0.2) is 88.2 Å². The fourth-order valence-corrected chi connectivity index (χ4v) is 5.99. The Hall–Kier alpha value is -2.44. The van der Waals surface area contributed by atoms with Crippen LogP contribution in [0, 0.1) is 3.57 Å². The third-order valence-electron chi connectivity index (χ3n) is 5.63. The zero-order valence-electron chi connectivity index (χ0n) is 21.7. The Labute approximate surface area is 246 Å². The molecule has 0 radical (unpaired) electrons. The molecule has 1 unspecified atom stereocenters. The molecule has 1 atom stereocenters. The van der Waals surface area contributed by atoms with Gasteiger partial charge in [0.25, 0.3) is 10.0 Å². The van der Waals surface area contributed by atoms with Crippen molar-refractivity contribution in [1.82, 2.24) is 10.2 Å². The maximum Gasteiger partial charge on any atom is 0.264 e. The third kappa shape index (κ3) is 8.03. The largest absolute Gasteiger partial charge is 0.350 e. The number of hydrogen-bond donors (Lipinski definition) is 1. The maximum absolute atomic E-state index is 13.9. The SMILES string of the molecule is CC(C(=O)NC(C)(C)C)N(Cc1cccc(Br)c1)C(=O)CN(c1ccc(I)cc1)S(=O)(=O)c1ccccc1. The highest BCUT2D eigenvalue weighted by molar-refractivity contribution is 14.1. The summed E-state index contributed by atoms with van der Waals surface area (Å²) in [4.78, 5) is 28.5. The maximum atomic E-state index is 13.9. The molecular weight excluding hydrogens is 681 g/mol. The van der Waals surface area contributed by atoms with Crippen molar-refractivity contribution in [3.63, 3.8) is 0 Å². The average Bonchev–Trinajstić information content (AvgIpc) is 2.85. The minimum Gasteiger partial charge on any atom is -0.350 e. The molecule has 202 valence electrons. The first-order valence-electron chi connectivity index (χ1n) is 12.0. The van der Waals surface area contributed by atoms with Crippen molar-refractivity contribution in [2.24, 2.45) is 0 Å². The number of amides is 2. The number of rotatable bonds is 9. The van der Waals surface area contributed by atoms with Crippen molar-refractivity contribution < 1.29 is 18.0 Å². The Bertz CT molecular complexity index is 1380. The van der Waals surface area contributed by atoms with Gasteiger partial charge in [-0.25, -0.2) is 8.42 Å². The number of carbonyl (C=O) groups is 2. The predicted molar refractivity (Wildman–Crippen MR) is 162 cm³/mol. The van der Waals surface area contributed by atoms with Crippen molar-refractivity contribution in [3.05, 3.63) is 92.5 Å². The molecule has 0 spiro atoms. The van der Waals surface area contributed by atoms with Crippen molar-refractivity contribution in [3.8, 4) is 0 Å². The van der Waals surface area contributed by atoms with Crippen LogP contribution in [0.4, 0.5) is 5.69 Å². The first-order valence-corrected chi connectivity index (χ1v) is 15.3. The van der Waals surface area contributed by atoms with Gasteiger partial charge in [-0.05, 0) is 104 Å². The number of nitrogens with zero attached hydrogens (tertiary/aromatic N) is 2. The molecule has 0 saturated carbocycles. The van der Waals surface area contributed by atoms with Crippen molar-refractivity contribution in [2.75, 3.05) is 10.8 Å². The summed E-state index contributed by atoms with van der Waals surface area (Å²) in [6.07, 6.45) is 0. The van der Waals surface area contributed by atoms with Gasteiger partial charge in [0.15, 0.2) is 0 Å². The van der Waals surface area contributed by atoms with Gasteiger partial charge in [-0.15, -0.1) is 0 Å². The van der Waals surface area contributed by atoms with Gasteiger partial charge in [-0.3, -0.25) is 13.9 Å². The lowest BCUT2D eigenvalue weighted by Gasteiger charge is -2.33. The van der Waals surface area contributed by atoms with E-state index in [0.29, 0.717) is 5.69 Å². The molecule has 3 aromatic carbocycles. The topological polar surface area (TPSA) is 86.8 Å². The van der Waals surface area contributed by atoms with E-state index in [9.17, 15) is 18.0 Å². The first kappa shape index (κ1) is 30.1. The lowest BCUT2D eigenvalue weighted by atomic mass is 10.1. The van der Waals surface area contributed by atoms with E-state index in [2.05, 4.69) is 43.8 Å². The fraction of sp³-hybridized carbons (Fsp3) is 0.286. The summed E-state index contributed by atoms with van der Waals surface area (Å²) in [7, 11) is -4.07. The van der Waals surface area contributed by atoms with E-state index in [1.165, 1.54) is 17.0 Å². The summed E-state index contributed by atoms with van der Waals surface area (Å²) in [6, 6.07) is 21.5. The second-order valence-electron chi connectivity index (χ2n) is 9.87. The van der Waals surface area contributed by atoms with Crippen LogP contribution in [0.25, 0.3) is 0 Å². The molecule has 3 rings (SSSR count). The molecule has 0 fully saturated rings. The van der Waals surface area contributed by atoms with E-state index in [1.54, 1.807) is 49.4 Å². The first-order chi connectivity index (χ1) is 17.8. The minimum atomic E-state index is -4.07. The Balaban J connectivity index is 2.02. The van der Waals surface area contributed by atoms with E-state index < -0.39 is 34.1 Å². The van der Waals surface area contributed by atoms with Gasteiger partial charge < -0.3 is 10.2 Å². The number of benzene rings is 3. The van der Waals surface area contributed by atoms with Crippen LogP contribution >= 0.6 is 38.5 Å². The summed E-state index contributed by atoms with van der Waals surface area (Å²) >= 11 is 5.59. The molecule has 0 aliphatic heterocycles. The smallest absolute Gasteiger partial charge is 0.264 e. The van der Waals surface area contributed by atoms with Crippen LogP contribution in [0.3, 0.4) is 0 Å². The Kier molecular flexibility index (Phi) is 9.99. The minimum absolute atomic E-state index is 0.0726. The van der Waals surface area contributed by atoms with Crippen LogP contribution < -0.4 is 9.62 Å². The lowest BCUT2D eigenvalue weighted by molar-refractivity contribution is -0.140. The van der Waals surface area contributed by atoms with Gasteiger partial charge in [0, 0.05) is 20.1 Å². The molecular formula is C28H31BrIN3O4S. The summed E-state index contributed by atoms with van der Waals surface area (Å²) in [5, 5.41) is 2.92. The van der Waals surface area contributed by atoms with Gasteiger partial charge in [-0.2, -0.15) is 0 Å². The zero-order valence-corrected chi connectivity index (χ0v) is 26.2. The van der Waals surface area contributed by atoms with Gasteiger partial charge >= 0.3 is 0 Å². The Morgan fingerprint density at radius 2 is 1.61 bits per heavy atom. The van der Waals surface area contributed by atoms with Crippen LogP contribution in [-0.4, -0.2) is 43.3 Å². The molecule has 0 aromatic heterocycles. The molecule has 0 saturated heterocycles. The van der Waals surface area contributed by atoms with Gasteiger partial charge in [0.2, 0.25) is 11.8 Å². The Morgan fingerprint density at radius 3 is 2.18 bits per heavy atom. The second-order valence-corrected chi connectivity index (χ2v) is 13.9. The summed E-state index contributed by atoms with van der Waals surface area (Å²) in [6.45, 7) is 6.90. The Morgan fingerprint density at radius 1 is 0.974 bits per heavy atom. The zero-order chi connectivity index (χ0) is 28.1. The van der Waals surface area contributed by atoms with E-state index in [4.69, 9.17) is 0 Å². The predicted octanol–water partition coefficient (Wildman–Crippen LogP) is 5.58. The summed E-state index contributed by atoms with van der Waals surface area (Å²) < 4.78 is 30.3. The van der Waals surface area contributed by atoms with E-state index >= 15 is 0 Å². The van der Waals surface area contributed by atoms with Crippen molar-refractivity contribution in [2.45, 2.75) is 50.7 Å². The molecule has 38 heavy (non-hydrogen) atoms. The monoisotopic (exact) mass is 711 g/mol. The highest BCUT2D eigenvalue weighted by Gasteiger charge is 2.33. The highest BCUT2D eigenvalue weighted by Crippen LogP contribution is 2.25. The van der Waals surface area contributed by atoms with Crippen molar-refractivity contribution in [1.29, 1.82) is 0 Å². The normalized spacial score (nSPS) is 12.5. The third-order valence-corrected chi connectivity index (χ3v) is 8.63. The molecule has 3 aromatic rings. The van der Waals surface area contributed by atoms with Crippen LogP contribution in [0.1, 0.15) is 33.3 Å². The fourth-order valence-electron chi connectivity index (χ4n) is 3.74. The molecule has 1 N–H and O–H groups in total. The summed E-state index contributed by atoms with van der Waals surface area (Å²) in [5.74, 6) is -0.827. The molecule has 2 amide bonds. The number of nitrogens with one attached hydrogen (secondary N) is 1. The molecule has 0 heterocycles. The molecule has 7 nitrogen and oxygen atoms in total. The molecule has 0 aliphatic rings. The van der Waals surface area contributed by atoms with Gasteiger partial charge in [0.1, 0.15) is 12.6 Å². The van der Waals surface area contributed by atoms with Gasteiger partial charge in [-0.1, -0.05) is 46.3 Å². The number of carbonyl (C=O) groups excluding carboxylic acids is 2. The van der Waals surface area contributed by atoms with Crippen LogP contribution in [0.5, 0.6) is 0 Å². The number of anilines is 1. The average molecular weight is 712 g/mol. The van der Waals surface area contributed by atoms with Crippen LogP contribution in [0.2, 0.25) is 0 Å². The second kappa shape index (κ2) is 12.6. The highest BCUT2D eigenvalue weighted by atomic mass is 127. The van der Waals surface area contributed by atoms with Gasteiger partial charge in [0.05, 0.1) is 10.6 Å². The number of hydrogen-bond acceptors (Lipinski definition) is 4. The van der Waals surface area contributed by atoms with E-state index in [1.807, 2.05) is 45.0 Å². The summed E-state index contributed by atoms with van der Waals surface area (Å²) in [5.41, 5.74) is 0.659. The molecule has 0 bridgehead atoms.